The highest BCUT2D eigenvalue weighted by Crippen LogP contribution is 2.19. The number of H-pyrrole nitrogens is 1. The van der Waals surface area contributed by atoms with E-state index in [9.17, 15) is 4.79 Å². The lowest BCUT2D eigenvalue weighted by Crippen LogP contribution is -2.29. The summed E-state index contributed by atoms with van der Waals surface area (Å²) in [5, 5.41) is 4.09. The van der Waals surface area contributed by atoms with Crippen molar-refractivity contribution in [2.75, 3.05) is 18.4 Å². The van der Waals surface area contributed by atoms with Gasteiger partial charge in [0.25, 0.3) is 5.91 Å². The smallest absolute Gasteiger partial charge is 0.272 e. The van der Waals surface area contributed by atoms with E-state index in [1.54, 1.807) is 0 Å². The quantitative estimate of drug-likeness (QED) is 0.718. The van der Waals surface area contributed by atoms with E-state index in [4.69, 9.17) is 0 Å². The lowest BCUT2D eigenvalue weighted by Gasteiger charge is -2.26. The Kier molecular flexibility index (Phi) is 4.76. The highest BCUT2D eigenvalue weighted by atomic mass is 16.1. The summed E-state index contributed by atoms with van der Waals surface area (Å²) in [6, 6.07) is 16.2. The molecule has 0 atom stereocenters. The number of benzene rings is 2. The fourth-order valence-electron chi connectivity index (χ4n) is 3.70. The van der Waals surface area contributed by atoms with Gasteiger partial charge in [-0.3, -0.25) is 9.69 Å². The standard InChI is InChI=1S/C22H25N3O/c1-16-8-9-20-18(12-16)14-21(24-20)22(26)23-19-7-5-6-17(13-19)15-25-10-3-2-4-11-25/h5-9,12-14,24H,2-4,10-11,15H2,1H3,(H,23,26). The van der Waals surface area contributed by atoms with E-state index in [1.165, 1.54) is 43.5 Å². The van der Waals surface area contributed by atoms with E-state index in [1.807, 2.05) is 30.3 Å². The van der Waals surface area contributed by atoms with E-state index >= 15 is 0 Å². The molecule has 2 heterocycles. The van der Waals surface area contributed by atoms with Crippen molar-refractivity contribution < 1.29 is 4.79 Å². The molecule has 4 nitrogen and oxygen atoms in total. The van der Waals surface area contributed by atoms with E-state index in [2.05, 4.69) is 40.3 Å². The number of likely N-dealkylation sites (tertiary alicyclic amines) is 1. The zero-order valence-corrected chi connectivity index (χ0v) is 15.2. The maximum atomic E-state index is 12.6. The summed E-state index contributed by atoms with van der Waals surface area (Å²) in [4.78, 5) is 18.3. The first-order valence-electron chi connectivity index (χ1n) is 9.39. The van der Waals surface area contributed by atoms with Crippen molar-refractivity contribution in [1.82, 2.24) is 9.88 Å². The normalized spacial score (nSPS) is 15.3. The van der Waals surface area contributed by atoms with Crippen LogP contribution in [0.2, 0.25) is 0 Å². The van der Waals surface area contributed by atoms with E-state index in [0.29, 0.717) is 5.69 Å². The minimum absolute atomic E-state index is 0.103. The zero-order chi connectivity index (χ0) is 17.9. The summed E-state index contributed by atoms with van der Waals surface area (Å²) in [7, 11) is 0. The number of anilines is 1. The van der Waals surface area contributed by atoms with Crippen molar-refractivity contribution in [2.45, 2.75) is 32.7 Å². The molecule has 1 amide bonds. The van der Waals surface area contributed by atoms with Crippen molar-refractivity contribution in [3.63, 3.8) is 0 Å². The lowest BCUT2D eigenvalue weighted by molar-refractivity contribution is 0.102. The molecule has 1 aliphatic rings. The third-order valence-corrected chi connectivity index (χ3v) is 5.06. The van der Waals surface area contributed by atoms with Crippen molar-refractivity contribution in [3.05, 3.63) is 65.4 Å². The molecule has 0 radical (unpaired) electrons. The number of rotatable bonds is 4. The molecule has 4 heteroatoms. The number of hydrogen-bond donors (Lipinski definition) is 2. The molecule has 26 heavy (non-hydrogen) atoms. The zero-order valence-electron chi connectivity index (χ0n) is 15.2. The molecule has 2 aromatic carbocycles. The Morgan fingerprint density at radius 3 is 2.77 bits per heavy atom. The molecule has 0 unspecified atom stereocenters. The minimum atomic E-state index is -0.103. The molecule has 134 valence electrons. The predicted molar refractivity (Wildman–Crippen MR) is 107 cm³/mol. The Morgan fingerprint density at radius 1 is 1.08 bits per heavy atom. The van der Waals surface area contributed by atoms with Gasteiger partial charge < -0.3 is 10.3 Å². The highest BCUT2D eigenvalue weighted by molar-refractivity contribution is 6.06. The summed E-state index contributed by atoms with van der Waals surface area (Å²) in [5.41, 5.74) is 4.86. The number of aryl methyl sites for hydroxylation is 1. The topological polar surface area (TPSA) is 48.1 Å². The molecule has 1 aromatic heterocycles. The molecule has 1 fully saturated rings. The number of hydrogen-bond acceptors (Lipinski definition) is 2. The van der Waals surface area contributed by atoms with Gasteiger partial charge in [-0.25, -0.2) is 0 Å². The van der Waals surface area contributed by atoms with Crippen molar-refractivity contribution in [1.29, 1.82) is 0 Å². The van der Waals surface area contributed by atoms with Crippen molar-refractivity contribution >= 4 is 22.5 Å². The summed E-state index contributed by atoms with van der Waals surface area (Å²) in [6.07, 6.45) is 3.92. The number of amides is 1. The maximum Gasteiger partial charge on any atom is 0.272 e. The number of aromatic amines is 1. The Labute approximate surface area is 154 Å². The second-order valence-electron chi connectivity index (χ2n) is 7.27. The highest BCUT2D eigenvalue weighted by Gasteiger charge is 2.12. The molecule has 3 aromatic rings. The Hall–Kier alpha value is -2.59. The van der Waals surface area contributed by atoms with Gasteiger partial charge >= 0.3 is 0 Å². The first-order valence-corrected chi connectivity index (χ1v) is 9.39. The van der Waals surface area contributed by atoms with Crippen LogP contribution in [0.1, 0.15) is 40.9 Å². The van der Waals surface area contributed by atoms with Crippen LogP contribution in [-0.2, 0) is 6.54 Å². The Morgan fingerprint density at radius 2 is 1.92 bits per heavy atom. The average Bonchev–Trinajstić information content (AvgIpc) is 3.06. The molecule has 2 N–H and O–H groups in total. The predicted octanol–water partition coefficient (Wildman–Crippen LogP) is 4.71. The van der Waals surface area contributed by atoms with Gasteiger partial charge in [-0.2, -0.15) is 0 Å². The maximum absolute atomic E-state index is 12.6. The second-order valence-corrected chi connectivity index (χ2v) is 7.27. The van der Waals surface area contributed by atoms with Crippen molar-refractivity contribution in [3.8, 4) is 0 Å². The van der Waals surface area contributed by atoms with Gasteiger partial charge in [-0.15, -0.1) is 0 Å². The molecular weight excluding hydrogens is 322 g/mol. The first kappa shape index (κ1) is 16.9. The first-order chi connectivity index (χ1) is 12.7. The molecule has 1 saturated heterocycles. The van der Waals surface area contributed by atoms with Gasteiger partial charge in [0.1, 0.15) is 5.69 Å². The molecule has 1 aliphatic heterocycles. The SMILES string of the molecule is Cc1ccc2[nH]c(C(=O)Nc3cccc(CN4CCCCC4)c3)cc2c1. The minimum Gasteiger partial charge on any atom is -0.351 e. The van der Waals surface area contributed by atoms with Gasteiger partial charge in [0.2, 0.25) is 0 Å². The van der Waals surface area contributed by atoms with E-state index in [0.717, 1.165) is 23.1 Å². The number of piperidine rings is 1. The lowest BCUT2D eigenvalue weighted by atomic mass is 10.1. The van der Waals surface area contributed by atoms with Gasteiger partial charge in [-0.1, -0.05) is 30.2 Å². The van der Waals surface area contributed by atoms with Crippen LogP contribution >= 0.6 is 0 Å². The van der Waals surface area contributed by atoms with E-state index < -0.39 is 0 Å². The molecule has 0 saturated carbocycles. The number of nitrogens with zero attached hydrogens (tertiary/aromatic N) is 1. The molecule has 4 rings (SSSR count). The van der Waals surface area contributed by atoms with Crippen LogP contribution in [0.3, 0.4) is 0 Å². The summed E-state index contributed by atoms with van der Waals surface area (Å²) in [5.74, 6) is -0.103. The van der Waals surface area contributed by atoms with Gasteiger partial charge in [0, 0.05) is 23.1 Å². The number of aromatic nitrogens is 1. The largest absolute Gasteiger partial charge is 0.351 e. The monoisotopic (exact) mass is 347 g/mol. The molecular formula is C22H25N3O. The van der Waals surface area contributed by atoms with Crippen LogP contribution < -0.4 is 5.32 Å². The van der Waals surface area contributed by atoms with E-state index in [-0.39, 0.29) is 5.91 Å². The van der Waals surface area contributed by atoms with Crippen LogP contribution in [-0.4, -0.2) is 28.9 Å². The van der Waals surface area contributed by atoms with Crippen LogP contribution in [0, 0.1) is 6.92 Å². The van der Waals surface area contributed by atoms with Gasteiger partial charge in [0.15, 0.2) is 0 Å². The molecule has 0 bridgehead atoms. The number of carbonyl (C=O) groups is 1. The van der Waals surface area contributed by atoms with Crippen molar-refractivity contribution in [2.24, 2.45) is 0 Å². The Balaban J connectivity index is 1.47. The number of carbonyl (C=O) groups excluding carboxylic acids is 1. The van der Waals surface area contributed by atoms with Crippen LogP contribution in [0.4, 0.5) is 5.69 Å². The third-order valence-electron chi connectivity index (χ3n) is 5.06. The average molecular weight is 347 g/mol. The molecule has 0 aliphatic carbocycles. The second kappa shape index (κ2) is 7.34. The fraction of sp³-hybridized carbons (Fsp3) is 0.318. The van der Waals surface area contributed by atoms with Gasteiger partial charge in [-0.05, 0) is 68.8 Å². The number of fused-ring (bicyclic) bond motifs is 1. The number of nitrogens with one attached hydrogen (secondary N) is 2. The summed E-state index contributed by atoms with van der Waals surface area (Å²) in [6.45, 7) is 5.35. The van der Waals surface area contributed by atoms with Crippen LogP contribution in [0.15, 0.2) is 48.5 Å². The summed E-state index contributed by atoms with van der Waals surface area (Å²) >= 11 is 0. The fourth-order valence-corrected chi connectivity index (χ4v) is 3.70. The molecule has 0 spiro atoms. The van der Waals surface area contributed by atoms with Crippen LogP contribution in [0.5, 0.6) is 0 Å². The Bertz CT molecular complexity index is 922. The third kappa shape index (κ3) is 3.81. The van der Waals surface area contributed by atoms with Crippen LogP contribution in [0.25, 0.3) is 10.9 Å². The van der Waals surface area contributed by atoms with Gasteiger partial charge in [0.05, 0.1) is 0 Å². The summed E-state index contributed by atoms with van der Waals surface area (Å²) < 4.78 is 0.